The minimum Gasteiger partial charge on any atom is -0.467 e. The van der Waals surface area contributed by atoms with E-state index in [9.17, 15) is 9.18 Å². The SMILES string of the molecule is CCC(Nc1ccc(F)cc1Br)C(=O)OC. The van der Waals surface area contributed by atoms with Crippen LogP contribution in [-0.2, 0) is 9.53 Å². The first-order chi connectivity index (χ1) is 7.58. The van der Waals surface area contributed by atoms with Crippen molar-refractivity contribution in [2.75, 3.05) is 12.4 Å². The van der Waals surface area contributed by atoms with Crippen molar-refractivity contribution in [2.45, 2.75) is 19.4 Å². The van der Waals surface area contributed by atoms with Crippen LogP contribution >= 0.6 is 15.9 Å². The normalized spacial score (nSPS) is 12.0. The van der Waals surface area contributed by atoms with Gasteiger partial charge in [0.15, 0.2) is 0 Å². The molecular formula is C11H13BrFNO2. The fourth-order valence-corrected chi connectivity index (χ4v) is 1.73. The van der Waals surface area contributed by atoms with Crippen LogP contribution in [0, 0.1) is 5.82 Å². The number of carbonyl (C=O) groups excluding carboxylic acids is 1. The van der Waals surface area contributed by atoms with Gasteiger partial charge in [-0.25, -0.2) is 9.18 Å². The third-order valence-corrected chi connectivity index (χ3v) is 2.81. The number of nitrogens with one attached hydrogen (secondary N) is 1. The molecule has 88 valence electrons. The highest BCUT2D eigenvalue weighted by atomic mass is 79.9. The molecule has 1 rings (SSSR count). The number of halogens is 2. The molecule has 1 unspecified atom stereocenters. The number of benzene rings is 1. The summed E-state index contributed by atoms with van der Waals surface area (Å²) in [7, 11) is 1.34. The van der Waals surface area contributed by atoms with Gasteiger partial charge in [-0.05, 0) is 40.5 Å². The summed E-state index contributed by atoms with van der Waals surface area (Å²) in [6.07, 6.45) is 0.594. The molecule has 1 aromatic carbocycles. The van der Waals surface area contributed by atoms with Crippen LogP contribution in [0.15, 0.2) is 22.7 Å². The van der Waals surface area contributed by atoms with Gasteiger partial charge in [-0.3, -0.25) is 0 Å². The van der Waals surface area contributed by atoms with Crippen molar-refractivity contribution in [1.82, 2.24) is 0 Å². The van der Waals surface area contributed by atoms with Gasteiger partial charge in [0.2, 0.25) is 0 Å². The van der Waals surface area contributed by atoms with Crippen molar-refractivity contribution in [3.05, 3.63) is 28.5 Å². The van der Waals surface area contributed by atoms with E-state index in [1.54, 1.807) is 6.07 Å². The van der Waals surface area contributed by atoms with Crippen LogP contribution in [0.1, 0.15) is 13.3 Å². The average Bonchev–Trinajstić information content (AvgIpc) is 2.27. The van der Waals surface area contributed by atoms with E-state index in [4.69, 9.17) is 0 Å². The molecule has 0 amide bonds. The first-order valence-electron chi connectivity index (χ1n) is 4.88. The monoisotopic (exact) mass is 289 g/mol. The molecule has 3 nitrogen and oxygen atoms in total. The highest BCUT2D eigenvalue weighted by molar-refractivity contribution is 9.10. The third-order valence-electron chi connectivity index (χ3n) is 2.15. The molecule has 1 N–H and O–H groups in total. The van der Waals surface area contributed by atoms with Crippen molar-refractivity contribution >= 4 is 27.6 Å². The van der Waals surface area contributed by atoms with Gasteiger partial charge in [0.1, 0.15) is 11.9 Å². The van der Waals surface area contributed by atoms with E-state index in [0.29, 0.717) is 16.6 Å². The van der Waals surface area contributed by atoms with Crippen molar-refractivity contribution in [3.8, 4) is 0 Å². The fraction of sp³-hybridized carbons (Fsp3) is 0.364. The van der Waals surface area contributed by atoms with E-state index >= 15 is 0 Å². The van der Waals surface area contributed by atoms with E-state index in [1.807, 2.05) is 6.92 Å². The predicted octanol–water partition coefficient (Wildman–Crippen LogP) is 2.95. The Balaban J connectivity index is 2.82. The number of esters is 1. The Bertz CT molecular complexity index is 384. The smallest absolute Gasteiger partial charge is 0.328 e. The summed E-state index contributed by atoms with van der Waals surface area (Å²) in [5.74, 6) is -0.665. The summed E-state index contributed by atoms with van der Waals surface area (Å²) in [5.41, 5.74) is 0.665. The molecule has 16 heavy (non-hydrogen) atoms. The second kappa shape index (κ2) is 5.84. The molecule has 1 aromatic rings. The molecule has 0 fully saturated rings. The Kier molecular flexibility index (Phi) is 4.73. The number of hydrogen-bond acceptors (Lipinski definition) is 3. The second-order valence-electron chi connectivity index (χ2n) is 3.25. The Hall–Kier alpha value is -1.10. The molecule has 5 heteroatoms. The maximum Gasteiger partial charge on any atom is 0.328 e. The van der Waals surface area contributed by atoms with E-state index < -0.39 is 6.04 Å². The molecule has 0 aliphatic heterocycles. The zero-order valence-corrected chi connectivity index (χ0v) is 10.7. The summed E-state index contributed by atoms with van der Waals surface area (Å²) in [6.45, 7) is 1.87. The molecule has 0 saturated heterocycles. The zero-order chi connectivity index (χ0) is 12.1. The highest BCUT2D eigenvalue weighted by Gasteiger charge is 2.17. The van der Waals surface area contributed by atoms with E-state index in [2.05, 4.69) is 26.0 Å². The van der Waals surface area contributed by atoms with E-state index in [-0.39, 0.29) is 11.8 Å². The fourth-order valence-electron chi connectivity index (χ4n) is 1.26. The molecule has 0 aliphatic carbocycles. The molecule has 0 bridgehead atoms. The number of carbonyl (C=O) groups is 1. The number of ether oxygens (including phenoxy) is 1. The lowest BCUT2D eigenvalue weighted by Gasteiger charge is -2.16. The second-order valence-corrected chi connectivity index (χ2v) is 4.11. The molecular weight excluding hydrogens is 277 g/mol. The number of hydrogen-bond donors (Lipinski definition) is 1. The lowest BCUT2D eigenvalue weighted by molar-refractivity contribution is -0.141. The van der Waals surface area contributed by atoms with Gasteiger partial charge in [0.05, 0.1) is 7.11 Å². The van der Waals surface area contributed by atoms with Crippen LogP contribution in [0.25, 0.3) is 0 Å². The average molecular weight is 290 g/mol. The van der Waals surface area contributed by atoms with Crippen molar-refractivity contribution in [2.24, 2.45) is 0 Å². The minimum atomic E-state index is -0.424. The topological polar surface area (TPSA) is 38.3 Å². The summed E-state index contributed by atoms with van der Waals surface area (Å²) >= 11 is 3.22. The maximum atomic E-state index is 12.8. The quantitative estimate of drug-likeness (QED) is 0.866. The lowest BCUT2D eigenvalue weighted by atomic mass is 10.2. The first-order valence-corrected chi connectivity index (χ1v) is 5.67. The van der Waals surface area contributed by atoms with E-state index in [0.717, 1.165) is 0 Å². The van der Waals surface area contributed by atoms with Crippen LogP contribution < -0.4 is 5.32 Å². The number of anilines is 1. The van der Waals surface area contributed by atoms with Gasteiger partial charge < -0.3 is 10.1 Å². The Morgan fingerprint density at radius 2 is 2.31 bits per heavy atom. The third kappa shape index (κ3) is 3.20. The molecule has 0 heterocycles. The van der Waals surface area contributed by atoms with Crippen LogP contribution in [0.3, 0.4) is 0 Å². The summed E-state index contributed by atoms with van der Waals surface area (Å²) in [6, 6.07) is 3.82. The molecule has 0 aromatic heterocycles. The van der Waals surface area contributed by atoms with Crippen LogP contribution in [0.2, 0.25) is 0 Å². The van der Waals surface area contributed by atoms with Gasteiger partial charge in [0.25, 0.3) is 0 Å². The molecule has 0 aliphatic rings. The van der Waals surface area contributed by atoms with Gasteiger partial charge >= 0.3 is 5.97 Å². The Morgan fingerprint density at radius 1 is 1.62 bits per heavy atom. The van der Waals surface area contributed by atoms with Gasteiger partial charge in [-0.2, -0.15) is 0 Å². The summed E-state index contributed by atoms with van der Waals surface area (Å²) in [4.78, 5) is 11.4. The van der Waals surface area contributed by atoms with Crippen molar-refractivity contribution < 1.29 is 13.9 Å². The molecule has 0 saturated carbocycles. The number of rotatable bonds is 4. The van der Waals surface area contributed by atoms with Crippen LogP contribution in [-0.4, -0.2) is 19.1 Å². The summed E-state index contributed by atoms with van der Waals surface area (Å²) < 4.78 is 18.1. The van der Waals surface area contributed by atoms with Crippen molar-refractivity contribution in [3.63, 3.8) is 0 Å². The lowest BCUT2D eigenvalue weighted by Crippen LogP contribution is -2.29. The molecule has 0 spiro atoms. The minimum absolute atomic E-state index is 0.330. The Morgan fingerprint density at radius 3 is 2.81 bits per heavy atom. The van der Waals surface area contributed by atoms with Crippen LogP contribution in [0.5, 0.6) is 0 Å². The molecule has 0 radical (unpaired) electrons. The van der Waals surface area contributed by atoms with Gasteiger partial charge in [-0.15, -0.1) is 0 Å². The standard InChI is InChI=1S/C11H13BrFNO2/c1-3-9(11(15)16-2)14-10-5-4-7(13)6-8(10)12/h4-6,9,14H,3H2,1-2H3. The zero-order valence-electron chi connectivity index (χ0n) is 9.09. The summed E-state index contributed by atoms with van der Waals surface area (Å²) in [5, 5.41) is 2.99. The van der Waals surface area contributed by atoms with Gasteiger partial charge in [0, 0.05) is 10.2 Å². The Labute approximate surface area is 102 Å². The maximum absolute atomic E-state index is 12.8. The first kappa shape index (κ1) is 13.0. The predicted molar refractivity (Wildman–Crippen MR) is 63.8 cm³/mol. The largest absolute Gasteiger partial charge is 0.467 e. The molecule has 1 atom stereocenters. The van der Waals surface area contributed by atoms with Gasteiger partial charge in [-0.1, -0.05) is 6.92 Å². The number of methoxy groups -OCH3 is 1. The van der Waals surface area contributed by atoms with Crippen LogP contribution in [0.4, 0.5) is 10.1 Å². The van der Waals surface area contributed by atoms with Crippen molar-refractivity contribution in [1.29, 1.82) is 0 Å². The van der Waals surface area contributed by atoms with E-state index in [1.165, 1.54) is 19.2 Å². The highest BCUT2D eigenvalue weighted by Crippen LogP contribution is 2.24.